The summed E-state index contributed by atoms with van der Waals surface area (Å²) in [6.07, 6.45) is 1.46. The Morgan fingerprint density at radius 1 is 1.12 bits per heavy atom. The van der Waals surface area contributed by atoms with E-state index in [1.54, 1.807) is 25.1 Å². The highest BCUT2D eigenvalue weighted by molar-refractivity contribution is 5.97. The van der Waals surface area contributed by atoms with E-state index in [0.717, 1.165) is 24.4 Å². The molecule has 0 aliphatic rings. The molecule has 0 fully saturated rings. The van der Waals surface area contributed by atoms with Crippen molar-refractivity contribution in [1.29, 1.82) is 0 Å². The van der Waals surface area contributed by atoms with Gasteiger partial charge in [-0.05, 0) is 30.3 Å². The number of halogens is 2. The molecule has 2 rings (SSSR count). The Morgan fingerprint density at radius 3 is 2.50 bits per heavy atom. The summed E-state index contributed by atoms with van der Waals surface area (Å²) in [5.74, 6) is -2.15. The highest BCUT2D eigenvalue weighted by Crippen LogP contribution is 2.11. The third-order valence-corrected chi connectivity index (χ3v) is 2.99. The van der Waals surface area contributed by atoms with Crippen molar-refractivity contribution in [3.8, 4) is 0 Å². The lowest BCUT2D eigenvalue weighted by Gasteiger charge is -2.05. The average Bonchev–Trinajstić information content (AvgIpc) is 2.54. The average molecular weight is 331 g/mol. The second kappa shape index (κ2) is 7.96. The van der Waals surface area contributed by atoms with Gasteiger partial charge in [-0.25, -0.2) is 14.2 Å². The van der Waals surface area contributed by atoms with E-state index in [0.29, 0.717) is 12.1 Å². The Balaban J connectivity index is 2.03. The fraction of sp³-hybridized carbons (Fsp3) is 0.118. The summed E-state index contributed by atoms with van der Waals surface area (Å²) in [5.41, 5.74) is 3.21. The molecule has 0 radical (unpaired) electrons. The van der Waals surface area contributed by atoms with E-state index in [-0.39, 0.29) is 17.0 Å². The number of anilines is 1. The van der Waals surface area contributed by atoms with Crippen molar-refractivity contribution in [3.05, 3.63) is 65.2 Å². The first-order chi connectivity index (χ1) is 11.5. The molecule has 0 atom stereocenters. The lowest BCUT2D eigenvalue weighted by molar-refractivity contribution is -0.115. The molecule has 2 N–H and O–H groups in total. The first kappa shape index (κ1) is 17.3. The number of carbonyl (C=O) groups is 2. The van der Waals surface area contributed by atoms with Crippen LogP contribution in [0.15, 0.2) is 47.6 Å². The molecule has 0 aliphatic heterocycles. The van der Waals surface area contributed by atoms with Gasteiger partial charge in [0.05, 0.1) is 6.21 Å². The van der Waals surface area contributed by atoms with Gasteiger partial charge < -0.3 is 5.32 Å². The smallest absolute Gasteiger partial charge is 0.271 e. The van der Waals surface area contributed by atoms with Gasteiger partial charge in [0.2, 0.25) is 5.91 Å². The van der Waals surface area contributed by atoms with Gasteiger partial charge in [-0.1, -0.05) is 13.0 Å². The number of nitrogens with zero attached hydrogens (tertiary/aromatic N) is 1. The first-order valence-electron chi connectivity index (χ1n) is 7.17. The van der Waals surface area contributed by atoms with Crippen molar-refractivity contribution < 1.29 is 18.4 Å². The van der Waals surface area contributed by atoms with Gasteiger partial charge in [-0.3, -0.25) is 9.59 Å². The van der Waals surface area contributed by atoms with Crippen molar-refractivity contribution >= 4 is 23.7 Å². The standard InChI is InChI=1S/C17H15F2N3O2/c1-2-16(23)21-15-5-3-4-12(8-15)17(24)22-20-10-11-6-13(18)9-14(19)7-11/h3-10H,2H2,1H3,(H,21,23)(H,22,24)/b20-10+. The van der Waals surface area contributed by atoms with E-state index < -0.39 is 17.5 Å². The Morgan fingerprint density at radius 2 is 1.83 bits per heavy atom. The zero-order chi connectivity index (χ0) is 17.5. The molecule has 2 amide bonds. The number of hydrogen-bond acceptors (Lipinski definition) is 3. The summed E-state index contributed by atoms with van der Waals surface area (Å²) in [6, 6.07) is 9.23. The van der Waals surface area contributed by atoms with E-state index in [1.165, 1.54) is 6.07 Å². The van der Waals surface area contributed by atoms with Crippen LogP contribution in [0.25, 0.3) is 0 Å². The fourth-order valence-electron chi connectivity index (χ4n) is 1.87. The maximum Gasteiger partial charge on any atom is 0.271 e. The molecule has 0 spiro atoms. The van der Waals surface area contributed by atoms with Crippen LogP contribution in [-0.4, -0.2) is 18.0 Å². The van der Waals surface area contributed by atoms with E-state index in [1.807, 2.05) is 0 Å². The zero-order valence-electron chi connectivity index (χ0n) is 12.8. The lowest BCUT2D eigenvalue weighted by Crippen LogP contribution is -2.18. The molecule has 0 aliphatic carbocycles. The largest absolute Gasteiger partial charge is 0.326 e. The molecular formula is C17H15F2N3O2. The monoisotopic (exact) mass is 331 g/mol. The molecule has 0 unspecified atom stereocenters. The summed E-state index contributed by atoms with van der Waals surface area (Å²) < 4.78 is 26.1. The van der Waals surface area contributed by atoms with Crippen LogP contribution in [0, 0.1) is 11.6 Å². The predicted molar refractivity (Wildman–Crippen MR) is 86.8 cm³/mol. The minimum atomic E-state index is -0.734. The quantitative estimate of drug-likeness (QED) is 0.653. The number of carbonyl (C=O) groups excluding carboxylic acids is 2. The van der Waals surface area contributed by atoms with Crippen LogP contribution in [0.3, 0.4) is 0 Å². The third-order valence-electron chi connectivity index (χ3n) is 2.99. The normalized spacial score (nSPS) is 10.6. The zero-order valence-corrected chi connectivity index (χ0v) is 12.8. The lowest BCUT2D eigenvalue weighted by atomic mass is 10.2. The molecular weight excluding hydrogens is 316 g/mol. The molecule has 7 heteroatoms. The Labute approximate surface area is 137 Å². The molecule has 5 nitrogen and oxygen atoms in total. The summed E-state index contributed by atoms with van der Waals surface area (Å²) in [6.45, 7) is 1.72. The van der Waals surface area contributed by atoms with Gasteiger partial charge in [0, 0.05) is 29.3 Å². The van der Waals surface area contributed by atoms with Crippen molar-refractivity contribution in [2.24, 2.45) is 5.10 Å². The molecule has 0 saturated heterocycles. The Kier molecular flexibility index (Phi) is 5.73. The van der Waals surface area contributed by atoms with Crippen LogP contribution >= 0.6 is 0 Å². The van der Waals surface area contributed by atoms with Crippen LogP contribution in [0.5, 0.6) is 0 Å². The minimum absolute atomic E-state index is 0.168. The molecule has 0 heterocycles. The Hall–Kier alpha value is -3.09. The van der Waals surface area contributed by atoms with E-state index in [2.05, 4.69) is 15.8 Å². The maximum absolute atomic E-state index is 13.0. The fourth-order valence-corrected chi connectivity index (χ4v) is 1.87. The number of hydrogen-bond donors (Lipinski definition) is 2. The van der Waals surface area contributed by atoms with E-state index in [9.17, 15) is 18.4 Å². The van der Waals surface area contributed by atoms with Gasteiger partial charge in [-0.2, -0.15) is 5.10 Å². The predicted octanol–water partition coefficient (Wildman–Crippen LogP) is 3.08. The van der Waals surface area contributed by atoms with Crippen molar-refractivity contribution in [2.45, 2.75) is 13.3 Å². The summed E-state index contributed by atoms with van der Waals surface area (Å²) in [4.78, 5) is 23.3. The van der Waals surface area contributed by atoms with E-state index >= 15 is 0 Å². The van der Waals surface area contributed by atoms with Gasteiger partial charge in [0.15, 0.2) is 0 Å². The molecule has 0 aromatic heterocycles. The van der Waals surface area contributed by atoms with Crippen LogP contribution in [0.1, 0.15) is 29.3 Å². The molecule has 2 aromatic rings. The highest BCUT2D eigenvalue weighted by atomic mass is 19.1. The summed E-state index contributed by atoms with van der Waals surface area (Å²) >= 11 is 0. The van der Waals surface area contributed by atoms with Gasteiger partial charge in [-0.15, -0.1) is 0 Å². The van der Waals surface area contributed by atoms with Gasteiger partial charge in [0.1, 0.15) is 11.6 Å². The Bertz CT molecular complexity index is 771. The van der Waals surface area contributed by atoms with Crippen molar-refractivity contribution in [3.63, 3.8) is 0 Å². The molecule has 2 aromatic carbocycles. The van der Waals surface area contributed by atoms with Crippen LogP contribution in [-0.2, 0) is 4.79 Å². The summed E-state index contributed by atoms with van der Waals surface area (Å²) in [7, 11) is 0. The number of nitrogens with one attached hydrogen (secondary N) is 2. The highest BCUT2D eigenvalue weighted by Gasteiger charge is 2.06. The van der Waals surface area contributed by atoms with Crippen LogP contribution in [0.2, 0.25) is 0 Å². The number of benzene rings is 2. The van der Waals surface area contributed by atoms with Crippen molar-refractivity contribution in [1.82, 2.24) is 5.43 Å². The first-order valence-corrected chi connectivity index (χ1v) is 7.17. The van der Waals surface area contributed by atoms with Crippen LogP contribution in [0.4, 0.5) is 14.5 Å². The second-order valence-electron chi connectivity index (χ2n) is 4.88. The van der Waals surface area contributed by atoms with Crippen LogP contribution < -0.4 is 10.7 Å². The second-order valence-corrected chi connectivity index (χ2v) is 4.88. The van der Waals surface area contributed by atoms with Gasteiger partial charge >= 0.3 is 0 Å². The summed E-state index contributed by atoms with van der Waals surface area (Å²) in [5, 5.41) is 6.30. The molecule has 124 valence electrons. The van der Waals surface area contributed by atoms with Crippen molar-refractivity contribution in [2.75, 3.05) is 5.32 Å². The number of rotatable bonds is 5. The number of amides is 2. The molecule has 0 bridgehead atoms. The number of hydrazone groups is 1. The van der Waals surface area contributed by atoms with Gasteiger partial charge in [0.25, 0.3) is 5.91 Å². The SMILES string of the molecule is CCC(=O)Nc1cccc(C(=O)N/N=C/c2cc(F)cc(F)c2)c1. The van der Waals surface area contributed by atoms with E-state index in [4.69, 9.17) is 0 Å². The maximum atomic E-state index is 13.0. The molecule has 0 saturated carbocycles. The minimum Gasteiger partial charge on any atom is -0.326 e. The topological polar surface area (TPSA) is 70.6 Å². The molecule has 24 heavy (non-hydrogen) atoms. The third kappa shape index (κ3) is 4.98.